The fourth-order valence-corrected chi connectivity index (χ4v) is 2.71. The van der Waals surface area contributed by atoms with Gasteiger partial charge in [0.05, 0.1) is 7.11 Å². The van der Waals surface area contributed by atoms with Crippen molar-refractivity contribution in [1.29, 1.82) is 0 Å². The lowest BCUT2D eigenvalue weighted by atomic mass is 10.0. The minimum atomic E-state index is -0.299. The number of ether oxygens (including phenoxy) is 1. The summed E-state index contributed by atoms with van der Waals surface area (Å²) in [6.45, 7) is 4.99. The van der Waals surface area contributed by atoms with Gasteiger partial charge in [-0.1, -0.05) is 30.7 Å². The van der Waals surface area contributed by atoms with Gasteiger partial charge in [0.15, 0.2) is 0 Å². The molecule has 2 nitrogen and oxygen atoms in total. The number of benzene rings is 2. The van der Waals surface area contributed by atoms with Gasteiger partial charge in [-0.2, -0.15) is 0 Å². The van der Waals surface area contributed by atoms with Crippen LogP contribution in [0.2, 0.25) is 5.02 Å². The molecule has 2 aromatic carbocycles. The van der Waals surface area contributed by atoms with E-state index >= 15 is 0 Å². The van der Waals surface area contributed by atoms with Crippen molar-refractivity contribution in [3.05, 3.63) is 52.8 Å². The van der Waals surface area contributed by atoms with Crippen LogP contribution in [0.1, 0.15) is 25.5 Å². The molecule has 1 N–H and O–H groups in total. The first-order valence-corrected chi connectivity index (χ1v) is 7.31. The van der Waals surface area contributed by atoms with E-state index in [4.69, 9.17) is 16.3 Å². The van der Waals surface area contributed by atoms with Gasteiger partial charge in [0.1, 0.15) is 11.6 Å². The first-order valence-electron chi connectivity index (χ1n) is 6.93. The Morgan fingerprint density at radius 2 is 2.00 bits per heavy atom. The van der Waals surface area contributed by atoms with Crippen LogP contribution >= 0.6 is 11.6 Å². The molecule has 2 aromatic rings. The molecule has 0 aliphatic heterocycles. The Bertz CT molecular complexity index is 630. The number of hydrogen-bond donors (Lipinski definition) is 1. The normalized spacial score (nSPS) is 12.2. The lowest BCUT2D eigenvalue weighted by Crippen LogP contribution is -2.17. The molecule has 21 heavy (non-hydrogen) atoms. The Balaban J connectivity index is 2.43. The molecule has 0 aliphatic carbocycles. The maximum absolute atomic E-state index is 13.5. The van der Waals surface area contributed by atoms with Crippen LogP contribution in [0.25, 0.3) is 11.1 Å². The zero-order chi connectivity index (χ0) is 15.4. The van der Waals surface area contributed by atoms with Crippen LogP contribution in [-0.4, -0.2) is 13.7 Å². The molecule has 0 amide bonds. The van der Waals surface area contributed by atoms with Gasteiger partial charge in [-0.3, -0.25) is 0 Å². The summed E-state index contributed by atoms with van der Waals surface area (Å²) in [5.74, 6) is 0.326. The van der Waals surface area contributed by atoms with Crippen LogP contribution in [0.3, 0.4) is 0 Å². The van der Waals surface area contributed by atoms with Crippen molar-refractivity contribution < 1.29 is 9.13 Å². The van der Waals surface area contributed by atoms with E-state index in [-0.39, 0.29) is 11.9 Å². The highest BCUT2D eigenvalue weighted by atomic mass is 35.5. The van der Waals surface area contributed by atoms with E-state index in [1.165, 1.54) is 12.1 Å². The van der Waals surface area contributed by atoms with Crippen molar-refractivity contribution in [3.63, 3.8) is 0 Å². The van der Waals surface area contributed by atoms with E-state index < -0.39 is 0 Å². The summed E-state index contributed by atoms with van der Waals surface area (Å²) in [5, 5.41) is 3.98. The van der Waals surface area contributed by atoms with E-state index in [1.807, 2.05) is 18.2 Å². The molecule has 112 valence electrons. The van der Waals surface area contributed by atoms with Crippen LogP contribution in [-0.2, 0) is 0 Å². The molecule has 0 bridgehead atoms. The van der Waals surface area contributed by atoms with Gasteiger partial charge in [-0.25, -0.2) is 4.39 Å². The molecule has 0 radical (unpaired) electrons. The second kappa shape index (κ2) is 6.92. The highest BCUT2D eigenvalue weighted by Gasteiger charge is 2.12. The van der Waals surface area contributed by atoms with Gasteiger partial charge in [0, 0.05) is 16.6 Å². The molecular weight excluding hydrogens is 289 g/mol. The Morgan fingerprint density at radius 1 is 1.24 bits per heavy atom. The quantitative estimate of drug-likeness (QED) is 0.854. The van der Waals surface area contributed by atoms with Gasteiger partial charge < -0.3 is 10.1 Å². The average Bonchev–Trinajstić information content (AvgIpc) is 2.47. The number of rotatable bonds is 5. The third kappa shape index (κ3) is 3.55. The van der Waals surface area contributed by atoms with E-state index in [9.17, 15) is 4.39 Å². The number of nitrogens with one attached hydrogen (secondary N) is 1. The monoisotopic (exact) mass is 307 g/mol. The zero-order valence-electron chi connectivity index (χ0n) is 12.4. The zero-order valence-corrected chi connectivity index (χ0v) is 13.2. The second-order valence-corrected chi connectivity index (χ2v) is 5.27. The highest BCUT2D eigenvalue weighted by molar-refractivity contribution is 6.31. The maximum Gasteiger partial charge on any atom is 0.126 e. The molecule has 0 spiro atoms. The predicted octanol–water partition coefficient (Wildman–Crippen LogP) is 4.83. The van der Waals surface area contributed by atoms with Gasteiger partial charge in [-0.05, 0) is 48.9 Å². The lowest BCUT2D eigenvalue weighted by Gasteiger charge is -2.16. The Morgan fingerprint density at radius 3 is 2.62 bits per heavy atom. The van der Waals surface area contributed by atoms with Crippen molar-refractivity contribution >= 4 is 11.6 Å². The summed E-state index contributed by atoms with van der Waals surface area (Å²) in [7, 11) is 1.57. The van der Waals surface area contributed by atoms with Crippen LogP contribution in [0.4, 0.5) is 4.39 Å². The van der Waals surface area contributed by atoms with Crippen molar-refractivity contribution in [2.45, 2.75) is 19.9 Å². The molecule has 0 heterocycles. The SMILES string of the molecule is CCNC(C)c1ccc(-c2cc(F)ccc2OC)cc1Cl. The molecule has 4 heteroatoms. The Labute approximate surface area is 129 Å². The Hall–Kier alpha value is -1.58. The van der Waals surface area contributed by atoms with E-state index in [0.29, 0.717) is 16.3 Å². The lowest BCUT2D eigenvalue weighted by molar-refractivity contribution is 0.415. The summed E-state index contributed by atoms with van der Waals surface area (Å²) >= 11 is 6.37. The molecule has 1 atom stereocenters. The Kier molecular flexibility index (Phi) is 5.21. The predicted molar refractivity (Wildman–Crippen MR) is 85.5 cm³/mol. The molecule has 0 aliphatic rings. The number of hydrogen-bond acceptors (Lipinski definition) is 2. The fourth-order valence-electron chi connectivity index (χ4n) is 2.37. The summed E-state index contributed by atoms with van der Waals surface area (Å²) in [6, 6.07) is 10.4. The van der Waals surface area contributed by atoms with Crippen LogP contribution in [0.15, 0.2) is 36.4 Å². The van der Waals surface area contributed by atoms with E-state index in [0.717, 1.165) is 17.7 Å². The minimum Gasteiger partial charge on any atom is -0.496 e. The molecule has 0 aromatic heterocycles. The van der Waals surface area contributed by atoms with Crippen molar-refractivity contribution in [3.8, 4) is 16.9 Å². The van der Waals surface area contributed by atoms with Crippen molar-refractivity contribution in [2.75, 3.05) is 13.7 Å². The molecule has 0 saturated heterocycles. The number of halogens is 2. The summed E-state index contributed by atoms with van der Waals surface area (Å²) in [6.07, 6.45) is 0. The molecule has 0 saturated carbocycles. The molecular formula is C17H19ClFNO. The average molecular weight is 308 g/mol. The summed E-state index contributed by atoms with van der Waals surface area (Å²) in [4.78, 5) is 0. The smallest absolute Gasteiger partial charge is 0.126 e. The summed E-state index contributed by atoms with van der Waals surface area (Å²) < 4.78 is 18.8. The van der Waals surface area contributed by atoms with Gasteiger partial charge in [-0.15, -0.1) is 0 Å². The number of methoxy groups -OCH3 is 1. The fraction of sp³-hybridized carbons (Fsp3) is 0.294. The topological polar surface area (TPSA) is 21.3 Å². The van der Waals surface area contributed by atoms with Gasteiger partial charge in [0.25, 0.3) is 0 Å². The van der Waals surface area contributed by atoms with Gasteiger partial charge >= 0.3 is 0 Å². The van der Waals surface area contributed by atoms with E-state index in [1.54, 1.807) is 13.2 Å². The van der Waals surface area contributed by atoms with E-state index in [2.05, 4.69) is 19.2 Å². The van der Waals surface area contributed by atoms with Crippen molar-refractivity contribution in [1.82, 2.24) is 5.32 Å². The third-order valence-electron chi connectivity index (χ3n) is 3.45. The standard InChI is InChI=1S/C17H19ClFNO/c1-4-20-11(2)14-7-5-12(9-16(14)18)15-10-13(19)6-8-17(15)21-3/h5-11,20H,4H2,1-3H3. The van der Waals surface area contributed by atoms with Crippen LogP contribution < -0.4 is 10.1 Å². The van der Waals surface area contributed by atoms with Gasteiger partial charge in [0.2, 0.25) is 0 Å². The summed E-state index contributed by atoms with van der Waals surface area (Å²) in [5.41, 5.74) is 2.56. The maximum atomic E-state index is 13.5. The molecule has 1 unspecified atom stereocenters. The first-order chi connectivity index (χ1) is 10.1. The molecule has 2 rings (SSSR count). The first kappa shape index (κ1) is 15.8. The molecule has 0 fully saturated rings. The minimum absolute atomic E-state index is 0.172. The van der Waals surface area contributed by atoms with Crippen LogP contribution in [0, 0.1) is 5.82 Å². The third-order valence-corrected chi connectivity index (χ3v) is 3.78. The highest BCUT2D eigenvalue weighted by Crippen LogP contribution is 2.34. The van der Waals surface area contributed by atoms with Crippen molar-refractivity contribution in [2.24, 2.45) is 0 Å². The second-order valence-electron chi connectivity index (χ2n) is 4.86. The van der Waals surface area contributed by atoms with Crippen LogP contribution in [0.5, 0.6) is 5.75 Å². The largest absolute Gasteiger partial charge is 0.496 e.